The van der Waals surface area contributed by atoms with Crippen molar-refractivity contribution in [2.75, 3.05) is 13.6 Å². The second-order valence-electron chi connectivity index (χ2n) is 4.03. The Hall–Kier alpha value is -0.440. The van der Waals surface area contributed by atoms with Crippen molar-refractivity contribution in [3.8, 4) is 5.75 Å². The van der Waals surface area contributed by atoms with Crippen LogP contribution in [0.15, 0.2) is 18.2 Å². The van der Waals surface area contributed by atoms with Gasteiger partial charge in [0.05, 0.1) is 6.10 Å². The van der Waals surface area contributed by atoms with Crippen LogP contribution in [0.3, 0.4) is 0 Å². The van der Waals surface area contributed by atoms with Gasteiger partial charge < -0.3 is 10.1 Å². The number of halogens is 2. The first-order valence-corrected chi connectivity index (χ1v) is 6.68. The minimum Gasteiger partial charge on any atom is -0.490 e. The zero-order valence-electron chi connectivity index (χ0n) is 10.3. The lowest BCUT2D eigenvalue weighted by atomic mass is 10.1. The molecule has 1 aromatic carbocycles. The van der Waals surface area contributed by atoms with Gasteiger partial charge in [0, 0.05) is 10.0 Å². The number of nitrogens with one attached hydrogen (secondary N) is 1. The van der Waals surface area contributed by atoms with Crippen LogP contribution in [0.1, 0.15) is 26.2 Å². The van der Waals surface area contributed by atoms with Gasteiger partial charge in [-0.2, -0.15) is 0 Å². The summed E-state index contributed by atoms with van der Waals surface area (Å²) in [6.07, 6.45) is 3.32. The zero-order valence-corrected chi connectivity index (χ0v) is 11.8. The average molecular weight is 276 g/mol. The summed E-state index contributed by atoms with van der Waals surface area (Å²) in [6, 6.07) is 5.31. The van der Waals surface area contributed by atoms with E-state index in [4.69, 9.17) is 27.9 Å². The van der Waals surface area contributed by atoms with E-state index < -0.39 is 0 Å². The van der Waals surface area contributed by atoms with Crippen molar-refractivity contribution in [3.05, 3.63) is 28.2 Å². The van der Waals surface area contributed by atoms with E-state index in [1.807, 2.05) is 7.05 Å². The monoisotopic (exact) mass is 275 g/mol. The van der Waals surface area contributed by atoms with E-state index in [0.717, 1.165) is 31.6 Å². The van der Waals surface area contributed by atoms with Crippen LogP contribution in [0.5, 0.6) is 5.75 Å². The molecule has 0 saturated carbocycles. The average Bonchev–Trinajstić information content (AvgIpc) is 2.24. The van der Waals surface area contributed by atoms with Crippen LogP contribution in [0.25, 0.3) is 0 Å². The van der Waals surface area contributed by atoms with Crippen LogP contribution < -0.4 is 10.1 Å². The Morgan fingerprint density at radius 3 is 2.35 bits per heavy atom. The molecule has 1 rings (SSSR count). The molecule has 0 aliphatic carbocycles. The number of ether oxygens (including phenoxy) is 1. The summed E-state index contributed by atoms with van der Waals surface area (Å²) >= 11 is 11.9. The highest BCUT2D eigenvalue weighted by atomic mass is 35.5. The summed E-state index contributed by atoms with van der Waals surface area (Å²) in [7, 11) is 1.94. The lowest BCUT2D eigenvalue weighted by Gasteiger charge is -2.18. The first kappa shape index (κ1) is 14.6. The summed E-state index contributed by atoms with van der Waals surface area (Å²) < 4.78 is 5.91. The van der Waals surface area contributed by atoms with E-state index >= 15 is 0 Å². The van der Waals surface area contributed by atoms with Crippen LogP contribution in [0.4, 0.5) is 0 Å². The van der Waals surface area contributed by atoms with Gasteiger partial charge in [0.25, 0.3) is 0 Å². The maximum absolute atomic E-state index is 5.94. The van der Waals surface area contributed by atoms with Crippen LogP contribution in [0.2, 0.25) is 10.0 Å². The number of benzene rings is 1. The predicted molar refractivity (Wildman–Crippen MR) is 74.3 cm³/mol. The van der Waals surface area contributed by atoms with Crippen LogP contribution in [-0.2, 0) is 0 Å². The predicted octanol–water partition coefficient (Wildman–Crippen LogP) is 4.15. The second kappa shape index (κ2) is 7.80. The molecule has 1 atom stereocenters. The van der Waals surface area contributed by atoms with E-state index in [0.29, 0.717) is 10.0 Å². The molecule has 17 heavy (non-hydrogen) atoms. The van der Waals surface area contributed by atoms with Gasteiger partial charge in [0.2, 0.25) is 0 Å². The Morgan fingerprint density at radius 1 is 1.18 bits per heavy atom. The molecule has 0 saturated heterocycles. The van der Waals surface area contributed by atoms with Crippen molar-refractivity contribution in [1.82, 2.24) is 5.32 Å². The summed E-state index contributed by atoms with van der Waals surface area (Å²) in [6.45, 7) is 3.10. The van der Waals surface area contributed by atoms with Gasteiger partial charge in [-0.15, -0.1) is 0 Å². The molecule has 96 valence electrons. The van der Waals surface area contributed by atoms with Gasteiger partial charge in [-0.1, -0.05) is 36.5 Å². The molecule has 0 radical (unpaired) electrons. The molecule has 0 spiro atoms. The number of hydrogen-bond donors (Lipinski definition) is 1. The minimum atomic E-state index is 0.210. The molecule has 0 unspecified atom stereocenters. The lowest BCUT2D eigenvalue weighted by molar-refractivity contribution is 0.180. The van der Waals surface area contributed by atoms with Crippen molar-refractivity contribution in [3.63, 3.8) is 0 Å². The summed E-state index contributed by atoms with van der Waals surface area (Å²) in [5, 5.41) is 4.35. The first-order valence-electron chi connectivity index (χ1n) is 5.93. The van der Waals surface area contributed by atoms with Gasteiger partial charge in [-0.25, -0.2) is 0 Å². The van der Waals surface area contributed by atoms with Crippen molar-refractivity contribution in [2.24, 2.45) is 0 Å². The Bertz CT molecular complexity index is 324. The Labute approximate surface area is 113 Å². The van der Waals surface area contributed by atoms with Gasteiger partial charge in [-0.3, -0.25) is 0 Å². The van der Waals surface area contributed by atoms with Gasteiger partial charge in [-0.05, 0) is 44.6 Å². The van der Waals surface area contributed by atoms with Gasteiger partial charge in [0.1, 0.15) is 5.75 Å². The third kappa shape index (κ3) is 5.62. The standard InChI is InChI=1S/C13H19Cl2NO/c1-3-4-12(5-6-16-2)17-13-8-10(14)7-11(15)9-13/h7-9,12,16H,3-6H2,1-2H3/t12-/m1/s1. The highest BCUT2D eigenvalue weighted by Crippen LogP contribution is 2.26. The maximum Gasteiger partial charge on any atom is 0.122 e. The van der Waals surface area contributed by atoms with E-state index in [-0.39, 0.29) is 6.10 Å². The SMILES string of the molecule is CCC[C@H](CCNC)Oc1cc(Cl)cc(Cl)c1. The highest BCUT2D eigenvalue weighted by Gasteiger charge is 2.10. The van der Waals surface area contributed by atoms with E-state index in [9.17, 15) is 0 Å². The number of hydrogen-bond acceptors (Lipinski definition) is 2. The number of rotatable bonds is 7. The molecule has 0 fully saturated rings. The smallest absolute Gasteiger partial charge is 0.122 e. The Kier molecular flexibility index (Phi) is 6.71. The molecule has 0 heterocycles. The van der Waals surface area contributed by atoms with Crippen molar-refractivity contribution in [2.45, 2.75) is 32.3 Å². The molecule has 0 aliphatic rings. The molecular weight excluding hydrogens is 257 g/mol. The van der Waals surface area contributed by atoms with Gasteiger partial charge in [0.15, 0.2) is 0 Å². The summed E-state index contributed by atoms with van der Waals surface area (Å²) in [4.78, 5) is 0. The lowest BCUT2D eigenvalue weighted by Crippen LogP contribution is -2.22. The van der Waals surface area contributed by atoms with Crippen molar-refractivity contribution < 1.29 is 4.74 Å². The minimum absolute atomic E-state index is 0.210. The molecule has 0 amide bonds. The summed E-state index contributed by atoms with van der Waals surface area (Å²) in [5.41, 5.74) is 0. The first-order chi connectivity index (χ1) is 8.15. The molecular formula is C13H19Cl2NO. The van der Waals surface area contributed by atoms with E-state index in [1.54, 1.807) is 18.2 Å². The second-order valence-corrected chi connectivity index (χ2v) is 4.90. The van der Waals surface area contributed by atoms with Gasteiger partial charge >= 0.3 is 0 Å². The molecule has 1 aromatic rings. The van der Waals surface area contributed by atoms with Crippen LogP contribution in [-0.4, -0.2) is 19.7 Å². The summed E-state index contributed by atoms with van der Waals surface area (Å²) in [5.74, 6) is 0.747. The fourth-order valence-corrected chi connectivity index (χ4v) is 2.18. The van der Waals surface area contributed by atoms with Crippen molar-refractivity contribution in [1.29, 1.82) is 0 Å². The molecule has 0 aliphatic heterocycles. The molecule has 0 aromatic heterocycles. The Morgan fingerprint density at radius 2 is 1.82 bits per heavy atom. The van der Waals surface area contributed by atoms with Crippen LogP contribution >= 0.6 is 23.2 Å². The Balaban J connectivity index is 2.63. The maximum atomic E-state index is 5.94. The molecule has 2 nitrogen and oxygen atoms in total. The molecule has 1 N–H and O–H groups in total. The molecule has 0 bridgehead atoms. The zero-order chi connectivity index (χ0) is 12.7. The normalized spacial score (nSPS) is 12.5. The quantitative estimate of drug-likeness (QED) is 0.807. The third-order valence-corrected chi connectivity index (χ3v) is 2.90. The fraction of sp³-hybridized carbons (Fsp3) is 0.538. The third-order valence-electron chi connectivity index (χ3n) is 2.47. The largest absolute Gasteiger partial charge is 0.490 e. The molecule has 4 heteroatoms. The fourth-order valence-electron chi connectivity index (χ4n) is 1.68. The highest BCUT2D eigenvalue weighted by molar-refractivity contribution is 6.34. The van der Waals surface area contributed by atoms with Crippen LogP contribution in [0, 0.1) is 0 Å². The van der Waals surface area contributed by atoms with E-state index in [2.05, 4.69) is 12.2 Å². The van der Waals surface area contributed by atoms with E-state index in [1.165, 1.54) is 0 Å². The topological polar surface area (TPSA) is 21.3 Å². The van der Waals surface area contributed by atoms with Crippen molar-refractivity contribution >= 4 is 23.2 Å².